The van der Waals surface area contributed by atoms with Crippen molar-refractivity contribution in [2.24, 2.45) is 0 Å². The molecule has 0 bridgehead atoms. The van der Waals surface area contributed by atoms with Crippen LogP contribution in [0.4, 0.5) is 0 Å². The van der Waals surface area contributed by atoms with Crippen LogP contribution >= 0.6 is 0 Å². The molecule has 0 radical (unpaired) electrons. The summed E-state index contributed by atoms with van der Waals surface area (Å²) in [4.78, 5) is 14.5. The molecule has 2 fully saturated rings. The summed E-state index contributed by atoms with van der Waals surface area (Å²) in [5.74, 6) is 0.931. The van der Waals surface area contributed by atoms with Gasteiger partial charge in [-0.3, -0.25) is 9.69 Å². The molecule has 126 valence electrons. The fraction of sp³-hybridized carbons (Fsp3) is 0.611. The molecule has 5 heteroatoms. The van der Waals surface area contributed by atoms with E-state index in [1.165, 1.54) is 19.4 Å². The lowest BCUT2D eigenvalue weighted by Gasteiger charge is -2.35. The summed E-state index contributed by atoms with van der Waals surface area (Å²) in [6.45, 7) is 3.55. The zero-order valence-corrected chi connectivity index (χ0v) is 13.8. The average molecular weight is 318 g/mol. The first kappa shape index (κ1) is 16.3. The first-order valence-electron chi connectivity index (χ1n) is 8.50. The van der Waals surface area contributed by atoms with Gasteiger partial charge in [0.1, 0.15) is 5.75 Å². The van der Waals surface area contributed by atoms with Gasteiger partial charge in [0, 0.05) is 25.6 Å². The highest BCUT2D eigenvalue weighted by molar-refractivity contribution is 5.76. The zero-order chi connectivity index (χ0) is 16.1. The number of aryl methyl sites for hydroxylation is 1. The standard InChI is InChI=1S/C18H26N2O3/c1-22-16-7-4-14(5-8-16)6-9-18(21)19-11-17-12-20-10-2-3-15(20)13-23-17/h4-5,7-8,15,17H,2-3,6,9-13H2,1H3,(H,19,21)/t15-,17+/m1/s1. The average Bonchev–Trinajstić information content (AvgIpc) is 3.06. The monoisotopic (exact) mass is 318 g/mol. The Morgan fingerprint density at radius 1 is 1.39 bits per heavy atom. The van der Waals surface area contributed by atoms with E-state index in [4.69, 9.17) is 9.47 Å². The Labute approximate surface area is 137 Å². The fourth-order valence-electron chi connectivity index (χ4n) is 3.38. The zero-order valence-electron chi connectivity index (χ0n) is 13.8. The van der Waals surface area contributed by atoms with Crippen LogP contribution in [0, 0.1) is 0 Å². The number of fused-ring (bicyclic) bond motifs is 1. The van der Waals surface area contributed by atoms with Crippen LogP contribution in [0.25, 0.3) is 0 Å². The largest absolute Gasteiger partial charge is 0.497 e. The first-order chi connectivity index (χ1) is 11.2. The Hall–Kier alpha value is -1.59. The Kier molecular flexibility index (Phi) is 5.51. The van der Waals surface area contributed by atoms with E-state index in [9.17, 15) is 4.79 Å². The van der Waals surface area contributed by atoms with Crippen LogP contribution in [0.15, 0.2) is 24.3 Å². The van der Waals surface area contributed by atoms with Gasteiger partial charge in [-0.25, -0.2) is 0 Å². The second kappa shape index (κ2) is 7.79. The van der Waals surface area contributed by atoms with Crippen LogP contribution in [-0.4, -0.2) is 56.3 Å². The third-order valence-corrected chi connectivity index (χ3v) is 4.79. The SMILES string of the molecule is COc1ccc(CCC(=O)NC[C@H]2CN3CCC[C@@H]3CO2)cc1. The number of carbonyl (C=O) groups is 1. The molecular weight excluding hydrogens is 292 g/mol. The van der Waals surface area contributed by atoms with Crippen molar-refractivity contribution in [1.29, 1.82) is 0 Å². The molecule has 0 saturated carbocycles. The molecule has 1 aromatic carbocycles. The third-order valence-electron chi connectivity index (χ3n) is 4.79. The number of amides is 1. The quantitative estimate of drug-likeness (QED) is 0.866. The van der Waals surface area contributed by atoms with E-state index in [0.29, 0.717) is 19.0 Å². The van der Waals surface area contributed by atoms with Crippen molar-refractivity contribution in [3.05, 3.63) is 29.8 Å². The highest BCUT2D eigenvalue weighted by Gasteiger charge is 2.32. The predicted octanol–water partition coefficient (Wildman–Crippen LogP) is 1.61. The van der Waals surface area contributed by atoms with Crippen LogP contribution in [-0.2, 0) is 16.0 Å². The minimum absolute atomic E-state index is 0.0907. The van der Waals surface area contributed by atoms with Crippen molar-refractivity contribution in [2.45, 2.75) is 37.8 Å². The third kappa shape index (κ3) is 4.45. The van der Waals surface area contributed by atoms with Gasteiger partial charge in [-0.05, 0) is 43.5 Å². The van der Waals surface area contributed by atoms with Crippen molar-refractivity contribution in [2.75, 3.05) is 33.4 Å². The molecule has 1 aromatic rings. The first-order valence-corrected chi connectivity index (χ1v) is 8.50. The van der Waals surface area contributed by atoms with Gasteiger partial charge >= 0.3 is 0 Å². The number of nitrogens with zero attached hydrogens (tertiary/aromatic N) is 1. The predicted molar refractivity (Wildman–Crippen MR) is 88.7 cm³/mol. The number of nitrogens with one attached hydrogen (secondary N) is 1. The van der Waals surface area contributed by atoms with E-state index in [0.717, 1.165) is 30.9 Å². The van der Waals surface area contributed by atoms with Gasteiger partial charge in [-0.2, -0.15) is 0 Å². The van der Waals surface area contributed by atoms with E-state index in [2.05, 4.69) is 10.2 Å². The molecule has 2 atom stereocenters. The minimum Gasteiger partial charge on any atom is -0.497 e. The Morgan fingerprint density at radius 3 is 3.00 bits per heavy atom. The molecule has 0 unspecified atom stereocenters. The summed E-state index contributed by atoms with van der Waals surface area (Å²) >= 11 is 0. The van der Waals surface area contributed by atoms with E-state index in [1.54, 1.807) is 7.11 Å². The lowest BCUT2D eigenvalue weighted by Crippen LogP contribution is -2.50. The summed E-state index contributed by atoms with van der Waals surface area (Å²) in [5.41, 5.74) is 1.15. The van der Waals surface area contributed by atoms with Gasteiger partial charge in [0.2, 0.25) is 5.91 Å². The molecule has 2 saturated heterocycles. The van der Waals surface area contributed by atoms with E-state index >= 15 is 0 Å². The van der Waals surface area contributed by atoms with Crippen LogP contribution in [0.3, 0.4) is 0 Å². The van der Waals surface area contributed by atoms with Gasteiger partial charge in [0.25, 0.3) is 0 Å². The van der Waals surface area contributed by atoms with Crippen LogP contribution in [0.2, 0.25) is 0 Å². The number of benzene rings is 1. The number of hydrogen-bond donors (Lipinski definition) is 1. The molecular formula is C18H26N2O3. The fourth-order valence-corrected chi connectivity index (χ4v) is 3.38. The number of hydrogen-bond acceptors (Lipinski definition) is 4. The van der Waals surface area contributed by atoms with E-state index in [-0.39, 0.29) is 12.0 Å². The van der Waals surface area contributed by atoms with E-state index < -0.39 is 0 Å². The number of rotatable bonds is 6. The van der Waals surface area contributed by atoms with Crippen molar-refractivity contribution in [3.8, 4) is 5.75 Å². The normalized spacial score (nSPS) is 24.2. The molecule has 0 aliphatic carbocycles. The Bertz CT molecular complexity index is 518. The van der Waals surface area contributed by atoms with Crippen LogP contribution in [0.1, 0.15) is 24.8 Å². The second-order valence-electron chi connectivity index (χ2n) is 6.40. The summed E-state index contributed by atoms with van der Waals surface area (Å²) in [6, 6.07) is 8.47. The molecule has 3 rings (SSSR count). The van der Waals surface area contributed by atoms with Crippen LogP contribution < -0.4 is 10.1 Å². The minimum atomic E-state index is 0.0907. The number of carbonyl (C=O) groups excluding carboxylic acids is 1. The molecule has 2 heterocycles. The highest BCUT2D eigenvalue weighted by atomic mass is 16.5. The molecule has 1 N–H and O–H groups in total. The second-order valence-corrected chi connectivity index (χ2v) is 6.40. The van der Waals surface area contributed by atoms with Gasteiger partial charge in [-0.15, -0.1) is 0 Å². The topological polar surface area (TPSA) is 50.8 Å². The van der Waals surface area contributed by atoms with Gasteiger partial charge in [0.05, 0.1) is 19.8 Å². The van der Waals surface area contributed by atoms with Gasteiger partial charge in [0.15, 0.2) is 0 Å². The maximum absolute atomic E-state index is 12.0. The smallest absolute Gasteiger partial charge is 0.220 e. The summed E-state index contributed by atoms with van der Waals surface area (Å²) in [6.07, 6.45) is 3.91. The lowest BCUT2D eigenvalue weighted by atomic mass is 10.1. The number of ether oxygens (including phenoxy) is 2. The van der Waals surface area contributed by atoms with Crippen LogP contribution in [0.5, 0.6) is 5.75 Å². The van der Waals surface area contributed by atoms with Crippen molar-refractivity contribution >= 4 is 5.91 Å². The van der Waals surface area contributed by atoms with Crippen molar-refractivity contribution < 1.29 is 14.3 Å². The molecule has 0 spiro atoms. The Balaban J connectivity index is 1.36. The maximum Gasteiger partial charge on any atom is 0.220 e. The van der Waals surface area contributed by atoms with E-state index in [1.807, 2.05) is 24.3 Å². The van der Waals surface area contributed by atoms with Crippen molar-refractivity contribution in [3.63, 3.8) is 0 Å². The van der Waals surface area contributed by atoms with Gasteiger partial charge in [-0.1, -0.05) is 12.1 Å². The molecule has 2 aliphatic rings. The molecule has 2 aliphatic heterocycles. The molecule has 1 amide bonds. The highest BCUT2D eigenvalue weighted by Crippen LogP contribution is 2.22. The molecule has 23 heavy (non-hydrogen) atoms. The maximum atomic E-state index is 12.0. The summed E-state index contributed by atoms with van der Waals surface area (Å²) in [7, 11) is 1.65. The number of methoxy groups -OCH3 is 1. The lowest BCUT2D eigenvalue weighted by molar-refractivity contribution is -0.122. The number of morpholine rings is 1. The molecule has 0 aromatic heterocycles. The summed E-state index contributed by atoms with van der Waals surface area (Å²) < 4.78 is 11.0. The van der Waals surface area contributed by atoms with Crippen molar-refractivity contribution in [1.82, 2.24) is 10.2 Å². The Morgan fingerprint density at radius 2 is 2.22 bits per heavy atom. The van der Waals surface area contributed by atoms with Gasteiger partial charge < -0.3 is 14.8 Å². The summed E-state index contributed by atoms with van der Waals surface area (Å²) in [5, 5.41) is 3.01. The molecule has 5 nitrogen and oxygen atoms in total.